The second kappa shape index (κ2) is 7.42. The third-order valence-electron chi connectivity index (χ3n) is 4.52. The van der Waals surface area contributed by atoms with Gasteiger partial charge in [-0.15, -0.1) is 0 Å². The van der Waals surface area contributed by atoms with Crippen LogP contribution in [0.5, 0.6) is 0 Å². The summed E-state index contributed by atoms with van der Waals surface area (Å²) in [6.45, 7) is 2.37. The van der Waals surface area contributed by atoms with Crippen LogP contribution >= 0.6 is 0 Å². The number of hydrogen-bond acceptors (Lipinski definition) is 6. The van der Waals surface area contributed by atoms with Crippen LogP contribution in [0.15, 0.2) is 28.9 Å². The van der Waals surface area contributed by atoms with Crippen molar-refractivity contribution in [2.75, 3.05) is 6.54 Å². The van der Waals surface area contributed by atoms with Crippen molar-refractivity contribution in [3.63, 3.8) is 0 Å². The lowest BCUT2D eigenvalue weighted by Crippen LogP contribution is -2.48. The van der Waals surface area contributed by atoms with E-state index in [1.165, 1.54) is 0 Å². The van der Waals surface area contributed by atoms with Gasteiger partial charge in [0.1, 0.15) is 5.69 Å². The van der Waals surface area contributed by atoms with Crippen molar-refractivity contribution in [2.24, 2.45) is 11.7 Å². The summed E-state index contributed by atoms with van der Waals surface area (Å²) in [7, 11) is 0. The molecule has 2 aromatic rings. The first-order valence-corrected chi connectivity index (χ1v) is 8.37. The highest BCUT2D eigenvalue weighted by Gasteiger charge is 2.31. The predicted octanol–water partition coefficient (Wildman–Crippen LogP) is 1.18. The van der Waals surface area contributed by atoms with Crippen LogP contribution in [-0.2, 0) is 16.0 Å². The van der Waals surface area contributed by atoms with E-state index >= 15 is 0 Å². The molecule has 1 aliphatic rings. The van der Waals surface area contributed by atoms with E-state index < -0.39 is 0 Å². The van der Waals surface area contributed by atoms with Crippen LogP contribution in [0.3, 0.4) is 0 Å². The van der Waals surface area contributed by atoms with Crippen LogP contribution in [0.1, 0.15) is 32.1 Å². The zero-order valence-electron chi connectivity index (χ0n) is 14.1. The monoisotopic (exact) mass is 343 g/mol. The third-order valence-corrected chi connectivity index (χ3v) is 4.52. The summed E-state index contributed by atoms with van der Waals surface area (Å²) in [4.78, 5) is 34.1. The fraction of sp³-hybridized carbons (Fsp3) is 0.471. The Labute approximate surface area is 145 Å². The van der Waals surface area contributed by atoms with Crippen molar-refractivity contribution >= 4 is 11.8 Å². The molecular formula is C17H21N5O3. The van der Waals surface area contributed by atoms with E-state index in [1.807, 2.05) is 19.1 Å². The molecule has 8 heteroatoms. The smallest absolute Gasteiger partial charge is 0.227 e. The van der Waals surface area contributed by atoms with E-state index in [9.17, 15) is 9.59 Å². The summed E-state index contributed by atoms with van der Waals surface area (Å²) >= 11 is 0. The van der Waals surface area contributed by atoms with Crippen molar-refractivity contribution in [3.05, 3.63) is 30.3 Å². The van der Waals surface area contributed by atoms with E-state index in [0.29, 0.717) is 30.4 Å². The SMILES string of the molecule is CC1CCC(C(N)=O)CN1C(=O)CCc1nc(-c2ccccn2)no1. The van der Waals surface area contributed by atoms with Crippen LogP contribution in [0.2, 0.25) is 0 Å². The molecule has 0 bridgehead atoms. The lowest BCUT2D eigenvalue weighted by Gasteiger charge is -2.37. The van der Waals surface area contributed by atoms with Gasteiger partial charge in [0.05, 0.1) is 5.92 Å². The topological polar surface area (TPSA) is 115 Å². The van der Waals surface area contributed by atoms with E-state index in [2.05, 4.69) is 15.1 Å². The van der Waals surface area contributed by atoms with Crippen molar-refractivity contribution in [2.45, 2.75) is 38.6 Å². The van der Waals surface area contributed by atoms with Crippen LogP contribution < -0.4 is 5.73 Å². The molecule has 0 saturated carbocycles. The Balaban J connectivity index is 1.59. The van der Waals surface area contributed by atoms with Gasteiger partial charge in [0.2, 0.25) is 23.5 Å². The minimum absolute atomic E-state index is 0.0314. The lowest BCUT2D eigenvalue weighted by molar-refractivity contribution is -0.137. The van der Waals surface area contributed by atoms with Gasteiger partial charge < -0.3 is 15.2 Å². The number of likely N-dealkylation sites (tertiary alicyclic amines) is 1. The number of carbonyl (C=O) groups excluding carboxylic acids is 2. The number of primary amides is 1. The number of amides is 2. The maximum absolute atomic E-state index is 12.5. The number of aryl methyl sites for hydroxylation is 1. The van der Waals surface area contributed by atoms with Gasteiger partial charge in [-0.1, -0.05) is 11.2 Å². The number of piperidine rings is 1. The Hall–Kier alpha value is -2.77. The molecule has 0 spiro atoms. The average Bonchev–Trinajstić information content (AvgIpc) is 3.09. The Morgan fingerprint density at radius 1 is 1.36 bits per heavy atom. The summed E-state index contributed by atoms with van der Waals surface area (Å²) in [5.74, 6) is 0.158. The molecule has 2 atom stereocenters. The fourth-order valence-electron chi connectivity index (χ4n) is 3.00. The Kier molecular flexibility index (Phi) is 5.06. The lowest BCUT2D eigenvalue weighted by atomic mass is 9.92. The minimum Gasteiger partial charge on any atom is -0.369 e. The molecule has 2 N–H and O–H groups in total. The molecule has 3 heterocycles. The van der Waals surface area contributed by atoms with Crippen molar-refractivity contribution in [3.8, 4) is 11.5 Å². The molecule has 0 aromatic carbocycles. The fourth-order valence-corrected chi connectivity index (χ4v) is 3.00. The van der Waals surface area contributed by atoms with Gasteiger partial charge in [0.25, 0.3) is 0 Å². The number of rotatable bonds is 5. The van der Waals surface area contributed by atoms with E-state index in [4.69, 9.17) is 10.3 Å². The Morgan fingerprint density at radius 3 is 2.92 bits per heavy atom. The number of hydrogen-bond donors (Lipinski definition) is 1. The summed E-state index contributed by atoms with van der Waals surface area (Å²) in [5.41, 5.74) is 6.00. The number of aromatic nitrogens is 3. The standard InChI is InChI=1S/C17H21N5O3/c1-11-5-6-12(16(18)24)10-22(11)15(23)8-7-14-20-17(21-25-14)13-4-2-3-9-19-13/h2-4,9,11-12H,5-8,10H2,1H3,(H2,18,24). The average molecular weight is 343 g/mol. The van der Waals surface area contributed by atoms with Gasteiger partial charge in [-0.3, -0.25) is 14.6 Å². The molecule has 0 aliphatic carbocycles. The molecule has 132 valence electrons. The van der Waals surface area contributed by atoms with Crippen LogP contribution in [0.4, 0.5) is 0 Å². The van der Waals surface area contributed by atoms with Crippen LogP contribution in [0, 0.1) is 5.92 Å². The summed E-state index contributed by atoms with van der Waals surface area (Å²) < 4.78 is 5.20. The summed E-state index contributed by atoms with van der Waals surface area (Å²) in [6, 6.07) is 5.55. The van der Waals surface area contributed by atoms with Gasteiger partial charge in [-0.25, -0.2) is 0 Å². The van der Waals surface area contributed by atoms with Crippen molar-refractivity contribution in [1.82, 2.24) is 20.0 Å². The molecule has 1 saturated heterocycles. The second-order valence-electron chi connectivity index (χ2n) is 6.30. The summed E-state index contributed by atoms with van der Waals surface area (Å²) in [5, 5.41) is 3.89. The molecule has 2 amide bonds. The molecule has 1 aliphatic heterocycles. The minimum atomic E-state index is -0.346. The highest BCUT2D eigenvalue weighted by molar-refractivity contribution is 5.80. The number of nitrogens with zero attached hydrogens (tertiary/aromatic N) is 4. The van der Waals surface area contributed by atoms with E-state index in [0.717, 1.165) is 12.8 Å². The van der Waals surface area contributed by atoms with Crippen LogP contribution in [-0.4, -0.2) is 44.4 Å². The van der Waals surface area contributed by atoms with Crippen molar-refractivity contribution in [1.29, 1.82) is 0 Å². The van der Waals surface area contributed by atoms with Gasteiger partial charge in [0.15, 0.2) is 0 Å². The predicted molar refractivity (Wildman–Crippen MR) is 88.9 cm³/mol. The Bertz CT molecular complexity index is 746. The molecule has 0 radical (unpaired) electrons. The van der Waals surface area contributed by atoms with Crippen molar-refractivity contribution < 1.29 is 14.1 Å². The zero-order valence-corrected chi connectivity index (χ0v) is 14.1. The maximum atomic E-state index is 12.5. The van der Waals surface area contributed by atoms with Gasteiger partial charge in [-0.05, 0) is 31.9 Å². The maximum Gasteiger partial charge on any atom is 0.227 e. The molecule has 1 fully saturated rings. The van der Waals surface area contributed by atoms with E-state index in [-0.39, 0.29) is 30.2 Å². The number of carbonyl (C=O) groups is 2. The number of nitrogens with two attached hydrogens (primary N) is 1. The third kappa shape index (κ3) is 4.01. The highest BCUT2D eigenvalue weighted by Crippen LogP contribution is 2.23. The molecule has 25 heavy (non-hydrogen) atoms. The van der Waals surface area contributed by atoms with Gasteiger partial charge in [0, 0.05) is 31.6 Å². The highest BCUT2D eigenvalue weighted by atomic mass is 16.5. The first kappa shape index (κ1) is 17.1. The molecule has 2 unspecified atom stereocenters. The molecular weight excluding hydrogens is 322 g/mol. The van der Waals surface area contributed by atoms with E-state index in [1.54, 1.807) is 17.2 Å². The van der Waals surface area contributed by atoms with Crippen LogP contribution in [0.25, 0.3) is 11.5 Å². The number of pyridine rings is 1. The molecule has 8 nitrogen and oxygen atoms in total. The largest absolute Gasteiger partial charge is 0.369 e. The second-order valence-corrected chi connectivity index (χ2v) is 6.30. The normalized spacial score (nSPS) is 20.4. The quantitative estimate of drug-likeness (QED) is 0.871. The first-order valence-electron chi connectivity index (χ1n) is 8.37. The van der Waals surface area contributed by atoms with Gasteiger partial charge >= 0.3 is 0 Å². The molecule has 3 rings (SSSR count). The molecule has 2 aromatic heterocycles. The zero-order chi connectivity index (χ0) is 17.8. The first-order chi connectivity index (χ1) is 12.0. The van der Waals surface area contributed by atoms with Gasteiger partial charge in [-0.2, -0.15) is 4.98 Å². The Morgan fingerprint density at radius 2 is 2.20 bits per heavy atom. The summed E-state index contributed by atoms with van der Waals surface area (Å²) in [6.07, 6.45) is 3.77.